The number of rotatable bonds is 13. The molecular formula is C36H48N8O7. The summed E-state index contributed by atoms with van der Waals surface area (Å²) in [5.74, 6) is -0.616. The molecule has 51 heavy (non-hydrogen) atoms. The van der Waals surface area contributed by atoms with Crippen molar-refractivity contribution in [3.05, 3.63) is 60.3 Å². The maximum absolute atomic E-state index is 13.3. The summed E-state index contributed by atoms with van der Waals surface area (Å²) in [6.45, 7) is 9.99. The number of carbonyl (C=O) groups excluding carboxylic acids is 5. The summed E-state index contributed by atoms with van der Waals surface area (Å²) >= 11 is 0. The van der Waals surface area contributed by atoms with Crippen LogP contribution in [0.3, 0.4) is 0 Å². The van der Waals surface area contributed by atoms with Crippen molar-refractivity contribution < 1.29 is 33.4 Å². The smallest absolute Gasteiger partial charge is 0.407 e. The summed E-state index contributed by atoms with van der Waals surface area (Å²) in [6, 6.07) is 9.11. The fourth-order valence-corrected chi connectivity index (χ4v) is 5.85. The Morgan fingerprint density at radius 1 is 0.804 bits per heavy atom. The van der Waals surface area contributed by atoms with Crippen LogP contribution in [-0.2, 0) is 19.1 Å². The van der Waals surface area contributed by atoms with Crippen molar-refractivity contribution in [3.63, 3.8) is 0 Å². The number of pyridine rings is 1. The van der Waals surface area contributed by atoms with Crippen LogP contribution in [0.25, 0.3) is 22.4 Å². The van der Waals surface area contributed by atoms with Crippen LogP contribution >= 0.6 is 0 Å². The lowest BCUT2D eigenvalue weighted by molar-refractivity contribution is -0.135. The van der Waals surface area contributed by atoms with E-state index in [9.17, 15) is 24.0 Å². The molecule has 4 rings (SSSR count). The van der Waals surface area contributed by atoms with Crippen molar-refractivity contribution in [2.45, 2.75) is 71.6 Å². The molecule has 5 N–H and O–H groups in total. The molecule has 1 aliphatic heterocycles. The number of H-pyrrole nitrogens is 1. The zero-order valence-corrected chi connectivity index (χ0v) is 30.1. The number of alkyl carbamates (subject to hydrolysis) is 2. The number of nitrogens with zero attached hydrogens (tertiary/aromatic N) is 3. The van der Waals surface area contributed by atoms with E-state index in [-0.39, 0.29) is 47.8 Å². The average Bonchev–Trinajstić information content (AvgIpc) is 3.82. The first-order valence-electron chi connectivity index (χ1n) is 17.0. The fraction of sp³-hybridized carbons (Fsp3) is 0.472. The molecule has 4 atom stereocenters. The molecule has 15 nitrogen and oxygen atoms in total. The lowest BCUT2D eigenvalue weighted by Crippen LogP contribution is -2.54. The van der Waals surface area contributed by atoms with Crippen molar-refractivity contribution in [1.29, 1.82) is 0 Å². The monoisotopic (exact) mass is 704 g/mol. The zero-order chi connectivity index (χ0) is 37.2. The summed E-state index contributed by atoms with van der Waals surface area (Å²) in [5, 5.41) is 11.0. The molecule has 3 heterocycles. The van der Waals surface area contributed by atoms with Crippen molar-refractivity contribution in [2.75, 3.05) is 27.3 Å². The first-order chi connectivity index (χ1) is 24.3. The number of hydrogen-bond acceptors (Lipinski definition) is 9. The third-order valence-electron chi connectivity index (χ3n) is 8.85. The van der Waals surface area contributed by atoms with Gasteiger partial charge in [0.05, 0.1) is 32.2 Å². The van der Waals surface area contributed by atoms with E-state index in [0.29, 0.717) is 12.4 Å². The van der Waals surface area contributed by atoms with Gasteiger partial charge in [-0.3, -0.25) is 19.4 Å². The topological polar surface area (TPSA) is 197 Å². The molecule has 1 aliphatic rings. The fourth-order valence-electron chi connectivity index (χ4n) is 5.85. The number of likely N-dealkylation sites (tertiary alicyclic amines) is 1. The first-order valence-corrected chi connectivity index (χ1v) is 17.0. The minimum absolute atomic E-state index is 0.137. The van der Waals surface area contributed by atoms with Gasteiger partial charge >= 0.3 is 12.2 Å². The Bertz CT molecular complexity index is 1670. The summed E-state index contributed by atoms with van der Waals surface area (Å²) in [5.41, 5.74) is 3.62. The second-order valence-electron chi connectivity index (χ2n) is 13.2. The van der Waals surface area contributed by atoms with Crippen molar-refractivity contribution >= 4 is 29.9 Å². The number of nitrogens with one attached hydrogen (secondary N) is 5. The maximum Gasteiger partial charge on any atom is 0.407 e. The number of hydrogen-bond donors (Lipinski definition) is 5. The standard InChI is InChI=1S/C36H48N8O7/c1-20(2)29(42-35(48)50-6)33(46)40-22(5)31-38-19-28(41-31)24-12-10-23(11-13-24)25-14-15-27(37-17-25)32(45)39-18-26-9-8-16-44(26)34(47)30(21(3)4)43-36(49)51-7/h10-15,17,19-22,26,29-30H,8-9,16,18H2,1-7H3,(H,38,41)(H,39,45)(H,40,46)(H,42,48)(H,43,49)/t22-,26-,29-,30-/m0/s1. The summed E-state index contributed by atoms with van der Waals surface area (Å²) in [4.78, 5) is 76.4. The molecular weight excluding hydrogens is 656 g/mol. The molecule has 1 fully saturated rings. The molecule has 274 valence electrons. The molecule has 5 amide bonds. The molecule has 0 spiro atoms. The van der Waals surface area contributed by atoms with Crippen molar-refractivity contribution in [2.24, 2.45) is 11.8 Å². The molecule has 15 heteroatoms. The van der Waals surface area contributed by atoms with Crippen LogP contribution in [0.15, 0.2) is 48.8 Å². The van der Waals surface area contributed by atoms with Crippen LogP contribution in [0.4, 0.5) is 9.59 Å². The van der Waals surface area contributed by atoms with E-state index < -0.39 is 30.3 Å². The van der Waals surface area contributed by atoms with Gasteiger partial charge in [-0.1, -0.05) is 58.0 Å². The van der Waals surface area contributed by atoms with Gasteiger partial charge in [0, 0.05) is 30.9 Å². The highest BCUT2D eigenvalue weighted by Crippen LogP contribution is 2.25. The van der Waals surface area contributed by atoms with Crippen LogP contribution < -0.4 is 21.3 Å². The Morgan fingerprint density at radius 2 is 1.41 bits per heavy atom. The second kappa shape index (κ2) is 17.5. The second-order valence-corrected chi connectivity index (χ2v) is 13.2. The molecule has 0 radical (unpaired) electrons. The summed E-state index contributed by atoms with van der Waals surface area (Å²) in [6.07, 6.45) is 3.53. The van der Waals surface area contributed by atoms with Gasteiger partial charge in [-0.05, 0) is 48.8 Å². The molecule has 0 unspecified atom stereocenters. The highest BCUT2D eigenvalue weighted by Gasteiger charge is 2.35. The predicted molar refractivity (Wildman–Crippen MR) is 189 cm³/mol. The Morgan fingerprint density at radius 3 is 2.00 bits per heavy atom. The van der Waals surface area contributed by atoms with Crippen molar-refractivity contribution in [3.8, 4) is 22.4 Å². The van der Waals surface area contributed by atoms with Crippen LogP contribution in [0, 0.1) is 11.8 Å². The normalized spacial score (nSPS) is 15.9. The maximum atomic E-state index is 13.3. The number of imidazole rings is 1. The highest BCUT2D eigenvalue weighted by atomic mass is 16.5. The zero-order valence-electron chi connectivity index (χ0n) is 30.1. The molecule has 0 bridgehead atoms. The number of amides is 5. The Kier molecular flexibility index (Phi) is 13.1. The van der Waals surface area contributed by atoms with Gasteiger partial charge in [0.15, 0.2) is 0 Å². The van der Waals surface area contributed by atoms with Gasteiger partial charge < -0.3 is 40.6 Å². The first kappa shape index (κ1) is 38.3. The van der Waals surface area contributed by atoms with Crippen LogP contribution in [0.5, 0.6) is 0 Å². The van der Waals surface area contributed by atoms with Gasteiger partial charge in [-0.2, -0.15) is 0 Å². The van der Waals surface area contributed by atoms with Gasteiger partial charge in [0.2, 0.25) is 11.8 Å². The average molecular weight is 705 g/mol. The minimum Gasteiger partial charge on any atom is -0.453 e. The predicted octanol–water partition coefficient (Wildman–Crippen LogP) is 3.80. The Hall–Kier alpha value is -5.47. The SMILES string of the molecule is COC(=O)N[C@H](C(=O)N[C@@H](C)c1ncc(-c2ccc(-c3ccc(C(=O)NC[C@@H]4CCCN4C(=O)[C@@H](NC(=O)OC)C(C)C)nc3)cc2)[nH]1)C(C)C. The van der Waals surface area contributed by atoms with Gasteiger partial charge in [-0.25, -0.2) is 14.6 Å². The Balaban J connectivity index is 1.33. The quantitative estimate of drug-likeness (QED) is 0.176. The third-order valence-corrected chi connectivity index (χ3v) is 8.85. The van der Waals surface area contributed by atoms with E-state index >= 15 is 0 Å². The van der Waals surface area contributed by atoms with E-state index in [0.717, 1.165) is 35.2 Å². The van der Waals surface area contributed by atoms with Crippen LogP contribution in [0.2, 0.25) is 0 Å². The molecule has 0 aliphatic carbocycles. The van der Waals surface area contributed by atoms with E-state index in [4.69, 9.17) is 0 Å². The van der Waals surface area contributed by atoms with Crippen LogP contribution in [0.1, 0.15) is 69.8 Å². The number of benzene rings is 1. The number of aromatic amines is 1. The van der Waals surface area contributed by atoms with Gasteiger partial charge in [0.25, 0.3) is 5.91 Å². The van der Waals surface area contributed by atoms with Gasteiger partial charge in [0.1, 0.15) is 23.6 Å². The Labute approximate surface area is 297 Å². The molecule has 0 saturated carbocycles. The number of carbonyl (C=O) groups is 5. The lowest BCUT2D eigenvalue weighted by Gasteiger charge is -2.30. The largest absolute Gasteiger partial charge is 0.453 e. The van der Waals surface area contributed by atoms with Crippen molar-refractivity contribution in [1.82, 2.24) is 41.1 Å². The lowest BCUT2D eigenvalue weighted by atomic mass is 10.0. The molecule has 3 aromatic rings. The molecule has 1 aromatic carbocycles. The number of ether oxygens (including phenoxy) is 2. The highest BCUT2D eigenvalue weighted by molar-refractivity contribution is 5.93. The van der Waals surface area contributed by atoms with E-state index in [1.165, 1.54) is 14.2 Å². The molecule has 2 aromatic heterocycles. The third kappa shape index (κ3) is 9.83. The minimum atomic E-state index is -0.762. The molecule has 1 saturated heterocycles. The summed E-state index contributed by atoms with van der Waals surface area (Å²) in [7, 11) is 2.50. The number of aromatic nitrogens is 3. The van der Waals surface area contributed by atoms with E-state index in [1.54, 1.807) is 30.3 Å². The van der Waals surface area contributed by atoms with Crippen LogP contribution in [-0.4, -0.2) is 95.2 Å². The summed E-state index contributed by atoms with van der Waals surface area (Å²) < 4.78 is 9.33. The van der Waals surface area contributed by atoms with E-state index in [1.807, 2.05) is 58.0 Å². The van der Waals surface area contributed by atoms with Gasteiger partial charge in [-0.15, -0.1) is 0 Å². The number of methoxy groups -OCH3 is 2. The van der Waals surface area contributed by atoms with E-state index in [2.05, 4.69) is 45.7 Å².